The first kappa shape index (κ1) is 17.8. The van der Waals surface area contributed by atoms with Gasteiger partial charge < -0.3 is 10.0 Å². The number of halogens is 2. The van der Waals surface area contributed by atoms with Crippen LogP contribution in [0.25, 0.3) is 0 Å². The number of rotatable bonds is 4. The minimum Gasteiger partial charge on any atom is -0.481 e. The second-order valence-electron chi connectivity index (χ2n) is 6.10. The second-order valence-corrected chi connectivity index (χ2v) is 6.94. The van der Waals surface area contributed by atoms with Gasteiger partial charge in [0, 0.05) is 29.6 Å². The highest BCUT2D eigenvalue weighted by Crippen LogP contribution is 2.29. The molecule has 0 saturated carbocycles. The van der Waals surface area contributed by atoms with Gasteiger partial charge in [-0.15, -0.1) is 0 Å². The molecule has 6 heteroatoms. The highest BCUT2D eigenvalue weighted by molar-refractivity contribution is 6.35. The van der Waals surface area contributed by atoms with Gasteiger partial charge in [-0.3, -0.25) is 9.59 Å². The minimum atomic E-state index is -0.911. The average Bonchev–Trinajstić information content (AvgIpc) is 2.59. The number of hydrogen-bond donors (Lipinski definition) is 1. The van der Waals surface area contributed by atoms with Crippen LogP contribution in [0.15, 0.2) is 42.5 Å². The number of aliphatic carboxylic acids is 1. The fraction of sp³-hybridized carbons (Fsp3) is 0.263. The van der Waals surface area contributed by atoms with E-state index in [9.17, 15) is 14.7 Å². The average molecular weight is 378 g/mol. The molecular weight excluding hydrogens is 361 g/mol. The fourth-order valence-electron chi connectivity index (χ4n) is 3.13. The number of carbonyl (C=O) groups is 2. The van der Waals surface area contributed by atoms with E-state index in [-0.39, 0.29) is 18.9 Å². The Morgan fingerprint density at radius 1 is 1.16 bits per heavy atom. The van der Waals surface area contributed by atoms with Gasteiger partial charge in [0.1, 0.15) is 0 Å². The van der Waals surface area contributed by atoms with E-state index in [2.05, 4.69) is 0 Å². The number of benzene rings is 2. The van der Waals surface area contributed by atoms with Crippen molar-refractivity contribution in [2.75, 3.05) is 6.54 Å². The standard InChI is InChI=1S/C19H17Cl2NO3/c20-14-7-5-12(17(21)9-14)6-8-18(23)22-10-13-3-1-2-4-15(13)16(11-22)19(24)25/h1-5,7,9,16H,6,8,10-11H2,(H,24,25). The molecule has 0 spiro atoms. The highest BCUT2D eigenvalue weighted by Gasteiger charge is 2.32. The van der Waals surface area contributed by atoms with Crippen molar-refractivity contribution in [1.82, 2.24) is 4.90 Å². The molecule has 1 heterocycles. The summed E-state index contributed by atoms with van der Waals surface area (Å²) < 4.78 is 0. The monoisotopic (exact) mass is 377 g/mol. The number of fused-ring (bicyclic) bond motifs is 1. The summed E-state index contributed by atoms with van der Waals surface area (Å²) in [6.07, 6.45) is 0.764. The summed E-state index contributed by atoms with van der Waals surface area (Å²) in [6.45, 7) is 0.632. The Bertz CT molecular complexity index is 822. The lowest BCUT2D eigenvalue weighted by molar-refractivity contribution is -0.141. The normalized spacial score (nSPS) is 16.4. The largest absolute Gasteiger partial charge is 0.481 e. The molecule has 4 nitrogen and oxygen atoms in total. The zero-order chi connectivity index (χ0) is 18.0. The zero-order valence-corrected chi connectivity index (χ0v) is 14.9. The third kappa shape index (κ3) is 3.97. The fourth-order valence-corrected chi connectivity index (χ4v) is 3.64. The summed E-state index contributed by atoms with van der Waals surface area (Å²) in [7, 11) is 0. The molecule has 1 N–H and O–H groups in total. The molecule has 2 aromatic rings. The Morgan fingerprint density at radius 3 is 2.64 bits per heavy atom. The number of amides is 1. The maximum atomic E-state index is 12.6. The van der Waals surface area contributed by atoms with Gasteiger partial charge in [0.2, 0.25) is 5.91 Å². The third-order valence-electron chi connectivity index (χ3n) is 4.47. The lowest BCUT2D eigenvalue weighted by Gasteiger charge is -2.33. The van der Waals surface area contributed by atoms with Gasteiger partial charge in [0.15, 0.2) is 0 Å². The number of hydrogen-bond acceptors (Lipinski definition) is 2. The highest BCUT2D eigenvalue weighted by atomic mass is 35.5. The van der Waals surface area contributed by atoms with Crippen molar-refractivity contribution in [3.63, 3.8) is 0 Å². The molecule has 0 aliphatic carbocycles. The second kappa shape index (κ2) is 7.46. The van der Waals surface area contributed by atoms with Crippen molar-refractivity contribution in [3.8, 4) is 0 Å². The molecule has 25 heavy (non-hydrogen) atoms. The maximum absolute atomic E-state index is 12.6. The summed E-state index contributed by atoms with van der Waals surface area (Å²) in [6, 6.07) is 12.6. The first-order valence-electron chi connectivity index (χ1n) is 7.98. The topological polar surface area (TPSA) is 57.6 Å². The first-order chi connectivity index (χ1) is 12.0. The number of aryl methyl sites for hydroxylation is 1. The van der Waals surface area contributed by atoms with Crippen LogP contribution in [0.2, 0.25) is 10.0 Å². The van der Waals surface area contributed by atoms with Crippen molar-refractivity contribution < 1.29 is 14.7 Å². The molecule has 0 saturated heterocycles. The lowest BCUT2D eigenvalue weighted by atomic mass is 9.89. The van der Waals surface area contributed by atoms with E-state index in [0.29, 0.717) is 23.0 Å². The lowest BCUT2D eigenvalue weighted by Crippen LogP contribution is -2.40. The van der Waals surface area contributed by atoms with Crippen molar-refractivity contribution in [1.29, 1.82) is 0 Å². The SMILES string of the molecule is O=C(O)C1CN(C(=O)CCc2ccc(Cl)cc2Cl)Cc2ccccc21. The van der Waals surface area contributed by atoms with Crippen molar-refractivity contribution in [2.24, 2.45) is 0 Å². The van der Waals surface area contributed by atoms with Gasteiger partial charge in [-0.05, 0) is 35.2 Å². The summed E-state index contributed by atoms with van der Waals surface area (Å²) in [5.74, 6) is -1.68. The molecule has 0 radical (unpaired) electrons. The first-order valence-corrected chi connectivity index (χ1v) is 8.73. The summed E-state index contributed by atoms with van der Waals surface area (Å²) in [5, 5.41) is 10.6. The van der Waals surface area contributed by atoms with Crippen LogP contribution < -0.4 is 0 Å². The Hall–Kier alpha value is -2.04. The van der Waals surface area contributed by atoms with Crippen LogP contribution in [-0.4, -0.2) is 28.4 Å². The van der Waals surface area contributed by atoms with Gasteiger partial charge in [-0.25, -0.2) is 0 Å². The summed E-state index contributed by atoms with van der Waals surface area (Å²) in [5.41, 5.74) is 2.53. The molecule has 3 rings (SSSR count). The van der Waals surface area contributed by atoms with Crippen LogP contribution >= 0.6 is 23.2 Å². The quantitative estimate of drug-likeness (QED) is 0.870. The van der Waals surface area contributed by atoms with Crippen LogP contribution in [0.4, 0.5) is 0 Å². The zero-order valence-electron chi connectivity index (χ0n) is 13.4. The van der Waals surface area contributed by atoms with E-state index in [1.54, 1.807) is 17.0 Å². The van der Waals surface area contributed by atoms with Crippen LogP contribution in [0.3, 0.4) is 0 Å². The molecule has 1 amide bonds. The maximum Gasteiger partial charge on any atom is 0.312 e. The summed E-state index contributed by atoms with van der Waals surface area (Å²) in [4.78, 5) is 25.8. The van der Waals surface area contributed by atoms with Gasteiger partial charge in [-0.2, -0.15) is 0 Å². The van der Waals surface area contributed by atoms with Crippen molar-refractivity contribution in [3.05, 3.63) is 69.2 Å². The van der Waals surface area contributed by atoms with Gasteiger partial charge >= 0.3 is 5.97 Å². The van der Waals surface area contributed by atoms with Crippen LogP contribution in [0.5, 0.6) is 0 Å². The molecule has 1 aliphatic rings. The molecule has 0 bridgehead atoms. The molecule has 130 valence electrons. The predicted molar refractivity (Wildman–Crippen MR) is 97.0 cm³/mol. The minimum absolute atomic E-state index is 0.0771. The van der Waals surface area contributed by atoms with E-state index in [1.807, 2.05) is 30.3 Å². The summed E-state index contributed by atoms with van der Waals surface area (Å²) >= 11 is 12.0. The van der Waals surface area contributed by atoms with Crippen molar-refractivity contribution in [2.45, 2.75) is 25.3 Å². The molecule has 1 unspecified atom stereocenters. The molecular formula is C19H17Cl2NO3. The molecule has 0 fully saturated rings. The van der Waals surface area contributed by atoms with Gasteiger partial charge in [0.05, 0.1) is 5.92 Å². The number of nitrogens with zero attached hydrogens (tertiary/aromatic N) is 1. The van der Waals surface area contributed by atoms with E-state index < -0.39 is 11.9 Å². The van der Waals surface area contributed by atoms with Crippen molar-refractivity contribution >= 4 is 35.1 Å². The molecule has 2 aromatic carbocycles. The Balaban J connectivity index is 1.71. The van der Waals surface area contributed by atoms with Crippen LogP contribution in [0.1, 0.15) is 29.0 Å². The molecule has 0 aromatic heterocycles. The van der Waals surface area contributed by atoms with E-state index in [0.717, 1.165) is 16.7 Å². The van der Waals surface area contributed by atoms with E-state index in [4.69, 9.17) is 23.2 Å². The van der Waals surface area contributed by atoms with Gasteiger partial charge in [0.25, 0.3) is 0 Å². The smallest absolute Gasteiger partial charge is 0.312 e. The third-order valence-corrected chi connectivity index (χ3v) is 5.06. The van der Waals surface area contributed by atoms with Gasteiger partial charge in [-0.1, -0.05) is 53.5 Å². The van der Waals surface area contributed by atoms with Crippen LogP contribution in [-0.2, 0) is 22.6 Å². The number of carboxylic acid groups (broad SMARTS) is 1. The molecule has 1 atom stereocenters. The predicted octanol–water partition coefficient (Wildman–Crippen LogP) is 4.14. The Kier molecular flexibility index (Phi) is 5.30. The number of carboxylic acids is 1. The van der Waals surface area contributed by atoms with E-state index in [1.165, 1.54) is 0 Å². The number of carbonyl (C=O) groups excluding carboxylic acids is 1. The van der Waals surface area contributed by atoms with E-state index >= 15 is 0 Å². The Labute approximate surface area is 156 Å². The van der Waals surface area contributed by atoms with Crippen LogP contribution in [0, 0.1) is 0 Å². The molecule has 1 aliphatic heterocycles. The Morgan fingerprint density at radius 2 is 1.92 bits per heavy atom.